The molecule has 0 amide bonds. The molecule has 0 unspecified atom stereocenters. The monoisotopic (exact) mass is 480 g/mol. The van der Waals surface area contributed by atoms with Crippen LogP contribution in [0.4, 0.5) is 0 Å². The fourth-order valence-electron chi connectivity index (χ4n) is 4.58. The first kappa shape index (κ1) is 8.39. The standard InChI is InChI=1S/C34H20O2/c1-2-10-21(11-3-1)31-22-12-4-6-14-24(22)32(25-15-7-5-13-23(25)31)27-20-35-29-18-19-30-33(34(27)29)26-16-8-9-17-28(26)36-30/h1-20H/i1D,2D,3D,4D,5D,6D,7D,8D,9D,10D,11D,12D,13D,14D,15D,16D,17D,18D,19D,20D. The number of hydrogen-bond donors (Lipinski definition) is 0. The Kier molecular flexibility index (Phi) is 1.71. The summed E-state index contributed by atoms with van der Waals surface area (Å²) in [7, 11) is 0. The molecule has 36 heavy (non-hydrogen) atoms. The van der Waals surface area contributed by atoms with Gasteiger partial charge in [-0.2, -0.15) is 0 Å². The highest BCUT2D eigenvalue weighted by Crippen LogP contribution is 2.47. The van der Waals surface area contributed by atoms with Crippen molar-refractivity contribution in [3.05, 3.63) is 121 Å². The van der Waals surface area contributed by atoms with Gasteiger partial charge in [0.15, 0.2) is 0 Å². The van der Waals surface area contributed by atoms with Crippen LogP contribution in [0.3, 0.4) is 0 Å². The van der Waals surface area contributed by atoms with Crippen LogP contribution >= 0.6 is 0 Å². The van der Waals surface area contributed by atoms with Crippen molar-refractivity contribution in [1.82, 2.24) is 0 Å². The Morgan fingerprint density at radius 3 is 1.69 bits per heavy atom. The number of furan rings is 2. The molecule has 2 aromatic heterocycles. The van der Waals surface area contributed by atoms with E-state index >= 15 is 0 Å². The first-order valence-electron chi connectivity index (χ1n) is 20.6. The second-order valence-corrected chi connectivity index (χ2v) is 7.79. The summed E-state index contributed by atoms with van der Waals surface area (Å²) in [5, 5.41) is -3.11. The van der Waals surface area contributed by atoms with E-state index in [-0.39, 0.29) is 16.2 Å². The van der Waals surface area contributed by atoms with Crippen LogP contribution in [0.1, 0.15) is 27.4 Å². The Hall–Kier alpha value is -4.82. The van der Waals surface area contributed by atoms with E-state index in [1.165, 1.54) is 0 Å². The molecule has 0 radical (unpaired) electrons. The van der Waals surface area contributed by atoms with Gasteiger partial charge in [-0.1, -0.05) is 96.7 Å². The van der Waals surface area contributed by atoms with Crippen molar-refractivity contribution < 1.29 is 36.2 Å². The van der Waals surface area contributed by atoms with Crippen LogP contribution in [0.25, 0.3) is 76.7 Å². The maximum absolute atomic E-state index is 9.22. The highest BCUT2D eigenvalue weighted by Gasteiger charge is 2.22. The first-order valence-corrected chi connectivity index (χ1v) is 10.6. The Bertz CT molecular complexity index is 3090. The van der Waals surface area contributed by atoms with Gasteiger partial charge in [0.1, 0.15) is 18.1 Å². The average molecular weight is 481 g/mol. The van der Waals surface area contributed by atoms with E-state index in [0.29, 0.717) is 0 Å². The Morgan fingerprint density at radius 2 is 1.00 bits per heavy atom. The Balaban J connectivity index is 1.80. The molecule has 0 aliphatic heterocycles. The molecule has 0 spiro atoms. The normalized spacial score (nSPS) is 19.7. The molecule has 0 aliphatic rings. The molecule has 0 fully saturated rings. The molecular weight excluding hydrogens is 440 g/mol. The van der Waals surface area contributed by atoms with Gasteiger partial charge in [-0.3, -0.25) is 0 Å². The second-order valence-electron chi connectivity index (χ2n) is 7.79. The molecule has 8 rings (SSSR count). The SMILES string of the molecule is [2H]c1oc2c([2H])c([2H])c3oc4c([2H])c([2H])c([2H])c([2H])c4c3c2c1-c1c2c([2H])c([2H])c([2H])c([2H])c2c(-c2c([2H])c([2H])c([2H])c([2H])c2[2H])c2c([2H])c([2H])c([2H])c([2H])c12. The molecule has 2 heteroatoms. The van der Waals surface area contributed by atoms with Crippen LogP contribution in [0.5, 0.6) is 0 Å². The zero-order valence-corrected chi connectivity index (χ0v) is 17.8. The second kappa shape index (κ2) is 7.34. The summed E-state index contributed by atoms with van der Waals surface area (Å²) in [5.41, 5.74) is -3.57. The van der Waals surface area contributed by atoms with Crippen LogP contribution in [-0.2, 0) is 0 Å². The predicted octanol–water partition coefficient (Wildman–Crippen LogP) is 9.97. The lowest BCUT2D eigenvalue weighted by atomic mass is 9.85. The summed E-state index contributed by atoms with van der Waals surface area (Å²) in [6, 6.07) is -15.1. The summed E-state index contributed by atoms with van der Waals surface area (Å²) in [5.74, 6) is 0. The lowest BCUT2D eigenvalue weighted by molar-refractivity contribution is 0.616. The van der Waals surface area contributed by atoms with Crippen LogP contribution in [0.15, 0.2) is 130 Å². The quantitative estimate of drug-likeness (QED) is 0.230. The van der Waals surface area contributed by atoms with Gasteiger partial charge >= 0.3 is 0 Å². The number of hydrogen-bond acceptors (Lipinski definition) is 2. The third-order valence-corrected chi connectivity index (χ3v) is 5.98. The zero-order valence-electron chi connectivity index (χ0n) is 37.8. The predicted molar refractivity (Wildman–Crippen MR) is 149 cm³/mol. The van der Waals surface area contributed by atoms with Crippen molar-refractivity contribution in [2.75, 3.05) is 0 Å². The van der Waals surface area contributed by atoms with E-state index in [1.807, 2.05) is 0 Å². The summed E-state index contributed by atoms with van der Waals surface area (Å²) < 4.78 is 186. The molecule has 8 aromatic rings. The molecule has 0 N–H and O–H groups in total. The fourth-order valence-corrected chi connectivity index (χ4v) is 4.58. The van der Waals surface area contributed by atoms with Gasteiger partial charge in [0.25, 0.3) is 0 Å². The largest absolute Gasteiger partial charge is 0.464 e. The minimum absolute atomic E-state index is 0.266. The van der Waals surface area contributed by atoms with E-state index in [9.17, 15) is 2.74 Å². The van der Waals surface area contributed by atoms with Gasteiger partial charge in [-0.25, -0.2) is 0 Å². The highest BCUT2D eigenvalue weighted by molar-refractivity contribution is 6.28. The fraction of sp³-hybridized carbons (Fsp3) is 0. The molecule has 2 heterocycles. The Labute approximate surface area is 235 Å². The topological polar surface area (TPSA) is 26.3 Å². The number of para-hydroxylation sites is 1. The molecule has 2 nitrogen and oxygen atoms in total. The van der Waals surface area contributed by atoms with E-state index < -0.39 is 182 Å². The van der Waals surface area contributed by atoms with Crippen molar-refractivity contribution >= 4 is 54.5 Å². The Morgan fingerprint density at radius 1 is 0.444 bits per heavy atom. The third-order valence-electron chi connectivity index (χ3n) is 5.98. The summed E-state index contributed by atoms with van der Waals surface area (Å²) in [4.78, 5) is 0. The van der Waals surface area contributed by atoms with E-state index in [4.69, 9.17) is 33.5 Å². The maximum atomic E-state index is 9.22. The van der Waals surface area contributed by atoms with Crippen LogP contribution in [0, 0.1) is 0 Å². The van der Waals surface area contributed by atoms with Crippen molar-refractivity contribution in [3.63, 3.8) is 0 Å². The van der Waals surface area contributed by atoms with Crippen molar-refractivity contribution in [3.8, 4) is 22.3 Å². The van der Waals surface area contributed by atoms with E-state index in [0.717, 1.165) is 0 Å². The smallest absolute Gasteiger partial charge is 0.136 e. The lowest BCUT2D eigenvalue weighted by Gasteiger charge is -2.17. The molecule has 0 atom stereocenters. The number of rotatable bonds is 2. The minimum Gasteiger partial charge on any atom is -0.464 e. The molecule has 0 saturated heterocycles. The van der Waals surface area contributed by atoms with Gasteiger partial charge in [0, 0.05) is 27.3 Å². The van der Waals surface area contributed by atoms with Crippen LogP contribution in [-0.4, -0.2) is 0 Å². The van der Waals surface area contributed by atoms with Gasteiger partial charge < -0.3 is 8.83 Å². The van der Waals surface area contributed by atoms with E-state index in [2.05, 4.69) is 0 Å². The lowest BCUT2D eigenvalue weighted by Crippen LogP contribution is -1.90. The summed E-state index contributed by atoms with van der Waals surface area (Å²) in [6.07, 6.45) is -0.853. The van der Waals surface area contributed by atoms with Gasteiger partial charge in [-0.15, -0.1) is 0 Å². The van der Waals surface area contributed by atoms with Gasteiger partial charge in [0.2, 0.25) is 0 Å². The highest BCUT2D eigenvalue weighted by atomic mass is 16.3. The van der Waals surface area contributed by atoms with Crippen LogP contribution in [0.2, 0.25) is 0 Å². The molecule has 6 aromatic carbocycles. The summed E-state index contributed by atoms with van der Waals surface area (Å²) >= 11 is 0. The third kappa shape index (κ3) is 2.61. The summed E-state index contributed by atoms with van der Waals surface area (Å²) in [6.45, 7) is 0. The molecule has 168 valence electrons. The molecular formula is C34H20O2. The number of benzene rings is 6. The molecule has 0 bridgehead atoms. The van der Waals surface area contributed by atoms with E-state index in [1.54, 1.807) is 0 Å². The van der Waals surface area contributed by atoms with Crippen molar-refractivity contribution in [1.29, 1.82) is 0 Å². The zero-order chi connectivity index (χ0) is 41.0. The van der Waals surface area contributed by atoms with Crippen LogP contribution < -0.4 is 0 Å². The minimum atomic E-state index is -0.864. The average Bonchev–Trinajstić information content (AvgIpc) is 3.74. The first-order chi connectivity index (χ1) is 26.2. The number of fused-ring (bicyclic) bond motifs is 7. The molecule has 0 aliphatic carbocycles. The van der Waals surface area contributed by atoms with Gasteiger partial charge in [-0.05, 0) is 50.8 Å². The van der Waals surface area contributed by atoms with Crippen molar-refractivity contribution in [2.45, 2.75) is 0 Å². The van der Waals surface area contributed by atoms with Gasteiger partial charge in [0.05, 0.1) is 32.3 Å². The van der Waals surface area contributed by atoms with Crippen molar-refractivity contribution in [2.24, 2.45) is 0 Å². The molecule has 0 saturated carbocycles. The maximum Gasteiger partial charge on any atom is 0.136 e.